The summed E-state index contributed by atoms with van der Waals surface area (Å²) < 4.78 is 0. The maximum atomic E-state index is 11.6. The lowest BCUT2D eigenvalue weighted by Crippen LogP contribution is -2.30. The highest BCUT2D eigenvalue weighted by molar-refractivity contribution is 5.76. The number of carbonyl (C=O) groups excluding carboxylic acids is 1. The first-order valence-corrected chi connectivity index (χ1v) is 7.84. The molecule has 1 fully saturated rings. The zero-order valence-electron chi connectivity index (χ0n) is 12.6. The van der Waals surface area contributed by atoms with Gasteiger partial charge in [0.05, 0.1) is 0 Å². The summed E-state index contributed by atoms with van der Waals surface area (Å²) in [6, 6.07) is 9.59. The van der Waals surface area contributed by atoms with Crippen molar-refractivity contribution in [3.8, 4) is 0 Å². The fourth-order valence-electron chi connectivity index (χ4n) is 2.37. The molecule has 1 aliphatic rings. The second-order valence-corrected chi connectivity index (χ2v) is 5.60. The number of amides is 1. The number of rotatable bonds is 8. The molecule has 0 radical (unpaired) electrons. The van der Waals surface area contributed by atoms with E-state index in [9.17, 15) is 4.79 Å². The molecule has 3 heteroatoms. The first-order valence-electron chi connectivity index (χ1n) is 7.84. The number of benzene rings is 1. The van der Waals surface area contributed by atoms with Gasteiger partial charge in [0.2, 0.25) is 5.91 Å². The Morgan fingerprint density at radius 2 is 1.95 bits per heavy atom. The maximum absolute atomic E-state index is 11.6. The topological polar surface area (TPSA) is 41.1 Å². The van der Waals surface area contributed by atoms with Crippen molar-refractivity contribution in [1.82, 2.24) is 10.6 Å². The zero-order chi connectivity index (χ0) is 14.4. The van der Waals surface area contributed by atoms with E-state index >= 15 is 0 Å². The summed E-state index contributed by atoms with van der Waals surface area (Å²) in [7, 11) is 0. The third kappa shape index (κ3) is 4.64. The lowest BCUT2D eigenvalue weighted by Gasteiger charge is -2.17. The molecule has 0 saturated heterocycles. The van der Waals surface area contributed by atoms with Gasteiger partial charge in [0, 0.05) is 25.0 Å². The average molecular weight is 274 g/mol. The Hall–Kier alpha value is -1.35. The summed E-state index contributed by atoms with van der Waals surface area (Å²) >= 11 is 0. The van der Waals surface area contributed by atoms with Crippen molar-refractivity contribution in [2.24, 2.45) is 0 Å². The highest BCUT2D eigenvalue weighted by Gasteiger charge is 2.22. The van der Waals surface area contributed by atoms with Crippen LogP contribution in [0.5, 0.6) is 0 Å². The van der Waals surface area contributed by atoms with Gasteiger partial charge in [-0.15, -0.1) is 0 Å². The molecule has 2 N–H and O–H groups in total. The molecular formula is C17H26N2O. The smallest absolute Gasteiger partial charge is 0.221 e. The summed E-state index contributed by atoms with van der Waals surface area (Å²) in [6.45, 7) is 5.09. The first kappa shape index (κ1) is 15.0. The Bertz CT molecular complexity index is 423. The average Bonchev–Trinajstić information content (AvgIpc) is 3.28. The van der Waals surface area contributed by atoms with E-state index in [0.717, 1.165) is 32.2 Å². The fraction of sp³-hybridized carbons (Fsp3) is 0.588. The van der Waals surface area contributed by atoms with Crippen molar-refractivity contribution in [3.63, 3.8) is 0 Å². The van der Waals surface area contributed by atoms with Crippen LogP contribution >= 0.6 is 0 Å². The molecule has 0 heterocycles. The Kier molecular flexibility index (Phi) is 5.60. The van der Waals surface area contributed by atoms with Crippen molar-refractivity contribution < 1.29 is 4.79 Å². The molecular weight excluding hydrogens is 248 g/mol. The summed E-state index contributed by atoms with van der Waals surface area (Å²) in [5, 5.41) is 6.51. The standard InChI is InChI=1S/C17H26N2O/c1-3-13-5-7-14(8-6-13)16(4-2)18-12-11-17(20)19-15-9-10-15/h5-8,15-16,18H,3-4,9-12H2,1-2H3,(H,19,20). The van der Waals surface area contributed by atoms with Gasteiger partial charge in [-0.1, -0.05) is 38.1 Å². The zero-order valence-corrected chi connectivity index (χ0v) is 12.6. The highest BCUT2D eigenvalue weighted by Crippen LogP contribution is 2.19. The maximum Gasteiger partial charge on any atom is 0.221 e. The molecule has 20 heavy (non-hydrogen) atoms. The summed E-state index contributed by atoms with van der Waals surface area (Å²) in [5.74, 6) is 0.177. The SMILES string of the molecule is CCc1ccc(C(CC)NCCC(=O)NC2CC2)cc1. The number of carbonyl (C=O) groups is 1. The molecule has 1 aromatic carbocycles. The van der Waals surface area contributed by atoms with E-state index in [4.69, 9.17) is 0 Å². The van der Waals surface area contributed by atoms with Gasteiger partial charge in [0.15, 0.2) is 0 Å². The molecule has 1 amide bonds. The molecule has 1 saturated carbocycles. The number of nitrogens with one attached hydrogen (secondary N) is 2. The monoisotopic (exact) mass is 274 g/mol. The minimum atomic E-state index is 0.177. The van der Waals surface area contributed by atoms with E-state index in [0.29, 0.717) is 18.5 Å². The third-order valence-corrected chi connectivity index (χ3v) is 3.88. The normalized spacial score (nSPS) is 15.9. The van der Waals surface area contributed by atoms with Crippen LogP contribution in [0.2, 0.25) is 0 Å². The lowest BCUT2D eigenvalue weighted by atomic mass is 10.0. The Balaban J connectivity index is 1.76. The van der Waals surface area contributed by atoms with Crippen LogP contribution in [-0.2, 0) is 11.2 Å². The second kappa shape index (κ2) is 7.44. The van der Waals surface area contributed by atoms with Crippen LogP contribution in [0.25, 0.3) is 0 Å². The van der Waals surface area contributed by atoms with Gasteiger partial charge < -0.3 is 10.6 Å². The number of hydrogen-bond donors (Lipinski definition) is 2. The molecule has 1 unspecified atom stereocenters. The number of hydrogen-bond acceptors (Lipinski definition) is 2. The van der Waals surface area contributed by atoms with E-state index in [2.05, 4.69) is 48.7 Å². The van der Waals surface area contributed by atoms with Crippen LogP contribution in [0.15, 0.2) is 24.3 Å². The second-order valence-electron chi connectivity index (χ2n) is 5.60. The van der Waals surface area contributed by atoms with Gasteiger partial charge in [-0.2, -0.15) is 0 Å². The summed E-state index contributed by atoms with van der Waals surface area (Å²) in [4.78, 5) is 11.6. The lowest BCUT2D eigenvalue weighted by molar-refractivity contribution is -0.121. The van der Waals surface area contributed by atoms with Gasteiger partial charge in [0.25, 0.3) is 0 Å². The fourth-order valence-corrected chi connectivity index (χ4v) is 2.37. The molecule has 0 bridgehead atoms. The minimum Gasteiger partial charge on any atom is -0.353 e. The summed E-state index contributed by atoms with van der Waals surface area (Å²) in [6.07, 6.45) is 4.99. The van der Waals surface area contributed by atoms with Gasteiger partial charge in [-0.05, 0) is 36.8 Å². The van der Waals surface area contributed by atoms with Gasteiger partial charge >= 0.3 is 0 Å². The van der Waals surface area contributed by atoms with E-state index < -0.39 is 0 Å². The Labute approximate surface area is 122 Å². The van der Waals surface area contributed by atoms with Crippen molar-refractivity contribution in [1.29, 1.82) is 0 Å². The summed E-state index contributed by atoms with van der Waals surface area (Å²) in [5.41, 5.74) is 2.68. The van der Waals surface area contributed by atoms with Crippen LogP contribution in [0.1, 0.15) is 56.7 Å². The van der Waals surface area contributed by atoms with Crippen molar-refractivity contribution in [2.75, 3.05) is 6.54 Å². The quantitative estimate of drug-likeness (QED) is 0.765. The molecule has 110 valence electrons. The van der Waals surface area contributed by atoms with E-state index in [1.165, 1.54) is 11.1 Å². The predicted molar refractivity (Wildman–Crippen MR) is 82.6 cm³/mol. The van der Waals surface area contributed by atoms with Crippen molar-refractivity contribution >= 4 is 5.91 Å². The van der Waals surface area contributed by atoms with Crippen LogP contribution in [0.4, 0.5) is 0 Å². The predicted octanol–water partition coefficient (Wildman–Crippen LogP) is 2.96. The van der Waals surface area contributed by atoms with E-state index in [1.807, 2.05) is 0 Å². The van der Waals surface area contributed by atoms with Gasteiger partial charge in [0.1, 0.15) is 0 Å². The largest absolute Gasteiger partial charge is 0.353 e. The first-order chi connectivity index (χ1) is 9.72. The van der Waals surface area contributed by atoms with Crippen LogP contribution < -0.4 is 10.6 Å². The highest BCUT2D eigenvalue weighted by atomic mass is 16.1. The Morgan fingerprint density at radius 1 is 1.25 bits per heavy atom. The minimum absolute atomic E-state index is 0.177. The van der Waals surface area contributed by atoms with Crippen molar-refractivity contribution in [3.05, 3.63) is 35.4 Å². The van der Waals surface area contributed by atoms with Crippen LogP contribution in [0, 0.1) is 0 Å². The van der Waals surface area contributed by atoms with E-state index in [1.54, 1.807) is 0 Å². The van der Waals surface area contributed by atoms with Crippen molar-refractivity contribution in [2.45, 2.75) is 58.0 Å². The molecule has 0 aromatic heterocycles. The van der Waals surface area contributed by atoms with Gasteiger partial charge in [-0.3, -0.25) is 4.79 Å². The van der Waals surface area contributed by atoms with Crippen LogP contribution in [-0.4, -0.2) is 18.5 Å². The molecule has 0 spiro atoms. The molecule has 2 rings (SSSR count). The molecule has 1 atom stereocenters. The van der Waals surface area contributed by atoms with E-state index in [-0.39, 0.29) is 5.91 Å². The molecule has 0 aliphatic heterocycles. The van der Waals surface area contributed by atoms with Crippen LogP contribution in [0.3, 0.4) is 0 Å². The molecule has 1 aromatic rings. The van der Waals surface area contributed by atoms with Gasteiger partial charge in [-0.25, -0.2) is 0 Å². The third-order valence-electron chi connectivity index (χ3n) is 3.88. The molecule has 3 nitrogen and oxygen atoms in total. The Morgan fingerprint density at radius 3 is 2.50 bits per heavy atom. The number of aryl methyl sites for hydroxylation is 1. The molecule has 1 aliphatic carbocycles.